The van der Waals surface area contributed by atoms with Crippen molar-refractivity contribution in [2.45, 2.75) is 30.1 Å². The number of nitrogens with zero attached hydrogens (tertiary/aromatic N) is 1. The number of nitriles is 1. The average Bonchev–Trinajstić information content (AvgIpc) is 2.92. The number of carbonyl (C=O) groups is 2. The first-order valence-corrected chi connectivity index (χ1v) is 11.6. The molecule has 2 N–H and O–H groups in total. The highest BCUT2D eigenvalue weighted by atomic mass is 19.4. The van der Waals surface area contributed by atoms with Gasteiger partial charge in [-0.2, -0.15) is 53.6 Å². The van der Waals surface area contributed by atoms with Crippen LogP contribution in [0.25, 0.3) is 0 Å². The Bertz CT molecular complexity index is 1660. The Morgan fingerprint density at radius 2 is 1.29 bits per heavy atom. The summed E-state index contributed by atoms with van der Waals surface area (Å²) in [5.41, 5.74) is -17.8. The van der Waals surface area contributed by atoms with Crippen LogP contribution < -0.4 is 16.1 Å². The summed E-state index contributed by atoms with van der Waals surface area (Å²) in [6.45, 7) is 0. The van der Waals surface area contributed by atoms with Crippen molar-refractivity contribution >= 4 is 36.5 Å². The molecule has 2 amide bonds. The van der Waals surface area contributed by atoms with Gasteiger partial charge in [-0.15, -0.1) is 0 Å². The zero-order chi connectivity index (χ0) is 34.3. The number of anilines is 2. The van der Waals surface area contributed by atoms with Crippen molar-refractivity contribution in [1.82, 2.24) is 0 Å². The second kappa shape index (κ2) is 11.6. The number of halogens is 13. The lowest BCUT2D eigenvalue weighted by Gasteiger charge is -2.32. The molecule has 3 aromatic carbocycles. The van der Waals surface area contributed by atoms with Crippen LogP contribution in [-0.2, 0) is 11.6 Å². The highest BCUT2D eigenvalue weighted by molar-refractivity contribution is 6.37. The van der Waals surface area contributed by atoms with Gasteiger partial charge in [0.25, 0.3) is 11.8 Å². The van der Waals surface area contributed by atoms with Gasteiger partial charge in [-0.1, -0.05) is 17.6 Å². The molecule has 236 valence electrons. The maximum atomic E-state index is 15.1. The summed E-state index contributed by atoms with van der Waals surface area (Å²) in [5, 5.41) is 12.1. The molecule has 0 atom stereocenters. The monoisotopic (exact) mass is 655 g/mol. The van der Waals surface area contributed by atoms with Crippen LogP contribution in [0, 0.1) is 17.1 Å². The molecule has 0 aromatic heterocycles. The first kappa shape index (κ1) is 34.7. The molecule has 45 heavy (non-hydrogen) atoms. The molecule has 0 spiro atoms. The van der Waals surface area contributed by atoms with Crippen molar-refractivity contribution < 1.29 is 66.7 Å². The molecule has 0 aliphatic rings. The Labute approximate surface area is 244 Å². The zero-order valence-electron chi connectivity index (χ0n) is 21.5. The number of rotatable bonds is 6. The molecule has 0 unspecified atom stereocenters. The molecule has 0 aliphatic heterocycles. The van der Waals surface area contributed by atoms with E-state index in [2.05, 4.69) is 0 Å². The van der Waals surface area contributed by atoms with Crippen LogP contribution >= 0.6 is 0 Å². The fraction of sp³-hybridized carbons (Fsp3) is 0.192. The number of nitrogens with one attached hydrogen (secondary N) is 2. The number of alkyl halides is 12. The van der Waals surface area contributed by atoms with Crippen molar-refractivity contribution in [3.8, 4) is 6.07 Å². The fourth-order valence-electron chi connectivity index (χ4n) is 3.77. The molecule has 0 saturated carbocycles. The van der Waals surface area contributed by atoms with Gasteiger partial charge in [0.2, 0.25) is 0 Å². The predicted molar refractivity (Wildman–Crippen MR) is 130 cm³/mol. The summed E-state index contributed by atoms with van der Waals surface area (Å²) in [4.78, 5) is 25.2. The lowest BCUT2D eigenvalue weighted by Crippen LogP contribution is -2.51. The normalized spacial score (nSPS) is 12.8. The standard InChI is InChI=1S/C26H11BF13N3O2/c27-16-9-13(22(29,24(32,33)34)25(35,36)37)8-15(23(30,31)26(38,39)40)19(16)43-21(45)14-2-1-3-17(18(14)28)42-20(44)12-6-4-11(10-41)5-7-12/h1-9H,(H,42,44)(H,43,45). The van der Waals surface area contributed by atoms with E-state index in [1.807, 2.05) is 5.32 Å². The van der Waals surface area contributed by atoms with Crippen LogP contribution in [-0.4, -0.2) is 38.2 Å². The lowest BCUT2D eigenvalue weighted by atomic mass is 9.82. The molecule has 0 saturated heterocycles. The molecular weight excluding hydrogens is 644 g/mol. The van der Waals surface area contributed by atoms with Crippen LogP contribution in [0.3, 0.4) is 0 Å². The summed E-state index contributed by atoms with van der Waals surface area (Å²) in [6, 6.07) is 7.18. The van der Waals surface area contributed by atoms with Gasteiger partial charge >= 0.3 is 30.1 Å². The summed E-state index contributed by atoms with van der Waals surface area (Å²) >= 11 is 0. The van der Waals surface area contributed by atoms with E-state index in [0.717, 1.165) is 24.3 Å². The summed E-state index contributed by atoms with van der Waals surface area (Å²) in [6.07, 6.45) is -20.6. The summed E-state index contributed by atoms with van der Waals surface area (Å²) in [7, 11) is 5.20. The quantitative estimate of drug-likeness (QED) is 0.223. The topological polar surface area (TPSA) is 82.0 Å². The van der Waals surface area contributed by atoms with Crippen LogP contribution in [0.4, 0.5) is 68.5 Å². The lowest BCUT2D eigenvalue weighted by molar-refractivity contribution is -0.348. The fourth-order valence-corrected chi connectivity index (χ4v) is 3.77. The molecule has 19 heteroatoms. The number of carbonyl (C=O) groups excluding carboxylic acids is 2. The number of hydrogen-bond donors (Lipinski definition) is 2. The molecule has 0 fully saturated rings. The van der Waals surface area contributed by atoms with Crippen LogP contribution in [0.1, 0.15) is 37.4 Å². The van der Waals surface area contributed by atoms with Crippen molar-refractivity contribution in [2.75, 3.05) is 10.6 Å². The third kappa shape index (κ3) is 6.40. The zero-order valence-corrected chi connectivity index (χ0v) is 21.5. The van der Waals surface area contributed by atoms with E-state index in [1.165, 1.54) is 17.4 Å². The number of amides is 2. The van der Waals surface area contributed by atoms with Crippen LogP contribution in [0.15, 0.2) is 54.6 Å². The molecule has 3 aromatic rings. The third-order valence-corrected chi connectivity index (χ3v) is 6.05. The van der Waals surface area contributed by atoms with Gasteiger partial charge in [0.1, 0.15) is 7.85 Å². The Hall–Kier alpha value is -4.76. The average molecular weight is 655 g/mol. The molecular formula is C26H11BF13N3O2. The molecule has 2 radical (unpaired) electrons. The van der Waals surface area contributed by atoms with Gasteiger partial charge in [-0.05, 0) is 42.5 Å². The minimum Gasteiger partial charge on any atom is -0.322 e. The largest absolute Gasteiger partial charge is 0.458 e. The Morgan fingerprint density at radius 1 is 0.733 bits per heavy atom. The van der Waals surface area contributed by atoms with E-state index >= 15 is 4.39 Å². The first-order chi connectivity index (χ1) is 20.5. The summed E-state index contributed by atoms with van der Waals surface area (Å²) in [5.74, 6) is -10.9. The SMILES string of the molecule is [B]c1cc(C(F)(C(F)(F)F)C(F)(F)F)cc(C(F)(F)C(F)(F)F)c1NC(=O)c1cccc(NC(=O)c2ccc(C#N)cc2)c1F. The maximum absolute atomic E-state index is 15.1. The molecule has 0 aliphatic carbocycles. The smallest absolute Gasteiger partial charge is 0.322 e. The van der Waals surface area contributed by atoms with Gasteiger partial charge in [-0.3, -0.25) is 9.59 Å². The maximum Gasteiger partial charge on any atom is 0.458 e. The van der Waals surface area contributed by atoms with E-state index < -0.39 is 93.4 Å². The van der Waals surface area contributed by atoms with Gasteiger partial charge in [0.05, 0.1) is 28.4 Å². The van der Waals surface area contributed by atoms with E-state index in [0.29, 0.717) is 6.07 Å². The van der Waals surface area contributed by atoms with E-state index in [4.69, 9.17) is 13.1 Å². The molecule has 3 rings (SSSR count). The third-order valence-electron chi connectivity index (χ3n) is 6.05. The number of hydrogen-bond acceptors (Lipinski definition) is 3. The summed E-state index contributed by atoms with van der Waals surface area (Å²) < 4.78 is 178. The van der Waals surface area contributed by atoms with Gasteiger partial charge in [-0.25, -0.2) is 8.78 Å². The van der Waals surface area contributed by atoms with Gasteiger partial charge in [0.15, 0.2) is 5.82 Å². The van der Waals surface area contributed by atoms with Gasteiger partial charge < -0.3 is 10.6 Å². The van der Waals surface area contributed by atoms with Crippen molar-refractivity contribution in [3.63, 3.8) is 0 Å². The van der Waals surface area contributed by atoms with Crippen molar-refractivity contribution in [2.24, 2.45) is 0 Å². The predicted octanol–water partition coefficient (Wildman–Crippen LogP) is 6.94. The van der Waals surface area contributed by atoms with Crippen molar-refractivity contribution in [3.05, 3.63) is 88.2 Å². The van der Waals surface area contributed by atoms with Crippen molar-refractivity contribution in [1.29, 1.82) is 5.26 Å². The number of benzene rings is 3. The Kier molecular flexibility index (Phi) is 8.98. The van der Waals surface area contributed by atoms with E-state index in [9.17, 15) is 62.3 Å². The first-order valence-electron chi connectivity index (χ1n) is 11.6. The minimum atomic E-state index is -6.95. The second-order valence-corrected chi connectivity index (χ2v) is 8.98. The molecule has 0 heterocycles. The van der Waals surface area contributed by atoms with Crippen LogP contribution in [0.2, 0.25) is 0 Å². The highest BCUT2D eigenvalue weighted by Gasteiger charge is 2.74. The Balaban J connectivity index is 2.12. The van der Waals surface area contributed by atoms with E-state index in [-0.39, 0.29) is 11.1 Å². The Morgan fingerprint density at radius 3 is 1.78 bits per heavy atom. The van der Waals surface area contributed by atoms with Crippen LogP contribution in [0.5, 0.6) is 0 Å². The minimum absolute atomic E-state index is 0.128. The highest BCUT2D eigenvalue weighted by Crippen LogP contribution is 2.55. The molecule has 0 bridgehead atoms. The van der Waals surface area contributed by atoms with Gasteiger partial charge in [0, 0.05) is 16.8 Å². The molecule has 5 nitrogen and oxygen atoms in total. The second-order valence-electron chi connectivity index (χ2n) is 8.98. The van der Waals surface area contributed by atoms with E-state index in [1.54, 1.807) is 6.07 Å².